The number of carbonyl (C=O) groups is 2. The highest BCUT2D eigenvalue weighted by Crippen LogP contribution is 2.23. The van der Waals surface area contributed by atoms with Gasteiger partial charge in [-0.1, -0.05) is 19.9 Å². The van der Waals surface area contributed by atoms with Crippen molar-refractivity contribution in [3.8, 4) is 0 Å². The van der Waals surface area contributed by atoms with Gasteiger partial charge in [0.15, 0.2) is 9.84 Å². The van der Waals surface area contributed by atoms with Gasteiger partial charge in [0.25, 0.3) is 5.91 Å². The SMILES string of the molecule is CC(C)C[C@@H]1NC(=O)N(CN(Cc2cccs2)[C@@H]2CCS(=O)(=O)C2)C1=O. The average molecular weight is 400 g/mol. The molecule has 2 atom stereocenters. The van der Waals surface area contributed by atoms with Crippen LogP contribution in [0.15, 0.2) is 17.5 Å². The molecule has 2 aliphatic heterocycles. The molecule has 1 aromatic heterocycles. The van der Waals surface area contributed by atoms with Crippen molar-refractivity contribution >= 4 is 33.1 Å². The maximum atomic E-state index is 12.6. The van der Waals surface area contributed by atoms with Crippen LogP contribution in [0.25, 0.3) is 0 Å². The van der Waals surface area contributed by atoms with E-state index in [9.17, 15) is 18.0 Å². The molecule has 2 aliphatic rings. The average Bonchev–Trinajstić information content (AvgIpc) is 3.23. The van der Waals surface area contributed by atoms with E-state index < -0.39 is 21.9 Å². The Kier molecular flexibility index (Phi) is 5.69. The van der Waals surface area contributed by atoms with E-state index in [0.29, 0.717) is 25.3 Å². The molecule has 2 saturated heterocycles. The fraction of sp³-hybridized carbons (Fsp3) is 0.647. The minimum absolute atomic E-state index is 0.0808. The molecule has 0 saturated carbocycles. The van der Waals surface area contributed by atoms with Crippen LogP contribution >= 0.6 is 11.3 Å². The number of urea groups is 1. The quantitative estimate of drug-likeness (QED) is 0.705. The summed E-state index contributed by atoms with van der Waals surface area (Å²) in [5.41, 5.74) is 0. The van der Waals surface area contributed by atoms with Crippen LogP contribution in [-0.4, -0.2) is 60.4 Å². The van der Waals surface area contributed by atoms with Gasteiger partial charge in [0.2, 0.25) is 0 Å². The maximum absolute atomic E-state index is 12.6. The molecule has 26 heavy (non-hydrogen) atoms. The molecule has 0 unspecified atom stereocenters. The number of nitrogens with zero attached hydrogens (tertiary/aromatic N) is 2. The number of nitrogens with one attached hydrogen (secondary N) is 1. The van der Waals surface area contributed by atoms with Crippen LogP contribution in [0.1, 0.15) is 31.6 Å². The maximum Gasteiger partial charge on any atom is 0.325 e. The molecule has 3 amide bonds. The fourth-order valence-electron chi connectivity index (χ4n) is 3.48. The molecule has 3 rings (SSSR count). The van der Waals surface area contributed by atoms with Crippen molar-refractivity contribution in [2.45, 2.75) is 45.3 Å². The van der Waals surface area contributed by atoms with Crippen molar-refractivity contribution in [1.82, 2.24) is 15.1 Å². The van der Waals surface area contributed by atoms with Crippen LogP contribution in [0.5, 0.6) is 0 Å². The molecule has 1 N–H and O–H groups in total. The summed E-state index contributed by atoms with van der Waals surface area (Å²) in [6.45, 7) is 4.67. The Bertz CT molecular complexity index is 761. The fourth-order valence-corrected chi connectivity index (χ4v) is 5.98. The summed E-state index contributed by atoms with van der Waals surface area (Å²) in [6.07, 6.45) is 1.14. The summed E-state index contributed by atoms with van der Waals surface area (Å²) in [5.74, 6) is 0.318. The zero-order valence-electron chi connectivity index (χ0n) is 15.1. The monoisotopic (exact) mass is 399 g/mol. The lowest BCUT2D eigenvalue weighted by molar-refractivity contribution is -0.129. The van der Waals surface area contributed by atoms with Gasteiger partial charge in [-0.25, -0.2) is 18.1 Å². The van der Waals surface area contributed by atoms with Crippen LogP contribution in [0.2, 0.25) is 0 Å². The summed E-state index contributed by atoms with van der Waals surface area (Å²) in [4.78, 5) is 29.2. The molecule has 7 nitrogen and oxygen atoms in total. The lowest BCUT2D eigenvalue weighted by Crippen LogP contribution is -2.46. The Morgan fingerprint density at radius 2 is 2.15 bits per heavy atom. The first-order valence-electron chi connectivity index (χ1n) is 8.84. The summed E-state index contributed by atoms with van der Waals surface area (Å²) in [6, 6.07) is 2.87. The zero-order chi connectivity index (χ0) is 18.9. The number of carbonyl (C=O) groups excluding carboxylic acids is 2. The molecular weight excluding hydrogens is 374 g/mol. The van der Waals surface area contributed by atoms with Gasteiger partial charge in [-0.3, -0.25) is 9.69 Å². The number of imide groups is 1. The number of sulfone groups is 1. The standard InChI is InChI=1S/C17H25N3O4S2/c1-12(2)8-15-16(21)20(17(22)18-15)11-19(9-14-4-3-6-25-14)13-5-7-26(23,24)10-13/h3-4,6,12-13,15H,5,7-11H2,1-2H3,(H,18,22)/t13-,15+/m1/s1. The number of rotatable bonds is 7. The van der Waals surface area contributed by atoms with Gasteiger partial charge in [0, 0.05) is 17.5 Å². The highest BCUT2D eigenvalue weighted by molar-refractivity contribution is 7.91. The topological polar surface area (TPSA) is 86.8 Å². The molecule has 1 aromatic rings. The third-order valence-corrected chi connectivity index (χ3v) is 7.41. The second kappa shape index (κ2) is 7.66. The lowest BCUT2D eigenvalue weighted by Gasteiger charge is -2.30. The van der Waals surface area contributed by atoms with E-state index in [1.54, 1.807) is 11.3 Å². The molecule has 2 fully saturated rings. The van der Waals surface area contributed by atoms with E-state index in [4.69, 9.17) is 0 Å². The molecule has 0 aromatic carbocycles. The number of amides is 3. The largest absolute Gasteiger partial charge is 0.326 e. The molecule has 144 valence electrons. The molecule has 0 aliphatic carbocycles. The molecule has 9 heteroatoms. The minimum atomic E-state index is -3.05. The Morgan fingerprint density at radius 1 is 1.38 bits per heavy atom. The summed E-state index contributed by atoms with van der Waals surface area (Å²) in [5, 5.41) is 4.71. The van der Waals surface area contributed by atoms with E-state index >= 15 is 0 Å². The first-order valence-corrected chi connectivity index (χ1v) is 11.5. The van der Waals surface area contributed by atoms with Crippen LogP contribution in [0, 0.1) is 5.92 Å². The zero-order valence-corrected chi connectivity index (χ0v) is 16.7. The smallest absolute Gasteiger partial charge is 0.325 e. The van der Waals surface area contributed by atoms with Gasteiger partial charge in [-0.2, -0.15) is 0 Å². The second-order valence-electron chi connectivity index (χ2n) is 7.42. The number of hydrogen-bond acceptors (Lipinski definition) is 6. The highest BCUT2D eigenvalue weighted by Gasteiger charge is 2.41. The minimum Gasteiger partial charge on any atom is -0.326 e. The van der Waals surface area contributed by atoms with E-state index in [0.717, 1.165) is 4.88 Å². The predicted octanol–water partition coefficient (Wildman–Crippen LogP) is 1.66. The molecule has 0 bridgehead atoms. The van der Waals surface area contributed by atoms with Gasteiger partial charge in [0.1, 0.15) is 6.04 Å². The molecule has 0 radical (unpaired) electrons. The normalized spacial score (nSPS) is 25.5. The van der Waals surface area contributed by atoms with Crippen LogP contribution in [-0.2, 0) is 21.2 Å². The molecular formula is C17H25N3O4S2. The molecule has 3 heterocycles. The predicted molar refractivity (Wildman–Crippen MR) is 100 cm³/mol. The van der Waals surface area contributed by atoms with E-state index in [-0.39, 0.29) is 30.1 Å². The van der Waals surface area contributed by atoms with Gasteiger partial charge in [-0.05, 0) is 30.2 Å². The van der Waals surface area contributed by atoms with Crippen molar-refractivity contribution in [2.24, 2.45) is 5.92 Å². The van der Waals surface area contributed by atoms with Crippen molar-refractivity contribution in [1.29, 1.82) is 0 Å². The Hall–Kier alpha value is -1.45. The second-order valence-corrected chi connectivity index (χ2v) is 10.7. The third-order valence-electron chi connectivity index (χ3n) is 4.80. The molecule has 0 spiro atoms. The van der Waals surface area contributed by atoms with E-state index in [1.807, 2.05) is 36.3 Å². The summed E-state index contributed by atoms with van der Waals surface area (Å²) >= 11 is 1.58. The van der Waals surface area contributed by atoms with Crippen LogP contribution in [0.4, 0.5) is 4.79 Å². The van der Waals surface area contributed by atoms with E-state index in [1.165, 1.54) is 4.90 Å². The van der Waals surface area contributed by atoms with Gasteiger partial charge in [0.05, 0.1) is 18.2 Å². The highest BCUT2D eigenvalue weighted by atomic mass is 32.2. The Balaban J connectivity index is 1.75. The number of thiophene rings is 1. The van der Waals surface area contributed by atoms with Gasteiger partial charge >= 0.3 is 6.03 Å². The van der Waals surface area contributed by atoms with Crippen molar-refractivity contribution < 1.29 is 18.0 Å². The first-order chi connectivity index (χ1) is 12.2. The first kappa shape index (κ1) is 19.3. The Labute approximate surface area is 158 Å². The lowest BCUT2D eigenvalue weighted by atomic mass is 10.0. The van der Waals surface area contributed by atoms with Crippen molar-refractivity contribution in [2.75, 3.05) is 18.2 Å². The third kappa shape index (κ3) is 4.44. The van der Waals surface area contributed by atoms with Crippen molar-refractivity contribution in [3.05, 3.63) is 22.4 Å². The van der Waals surface area contributed by atoms with E-state index in [2.05, 4.69) is 5.32 Å². The Morgan fingerprint density at radius 3 is 2.73 bits per heavy atom. The van der Waals surface area contributed by atoms with Crippen LogP contribution < -0.4 is 5.32 Å². The van der Waals surface area contributed by atoms with Gasteiger partial charge < -0.3 is 5.32 Å². The number of hydrogen-bond donors (Lipinski definition) is 1. The van der Waals surface area contributed by atoms with Crippen LogP contribution in [0.3, 0.4) is 0 Å². The van der Waals surface area contributed by atoms with Gasteiger partial charge in [-0.15, -0.1) is 11.3 Å². The van der Waals surface area contributed by atoms with Crippen molar-refractivity contribution in [3.63, 3.8) is 0 Å². The summed E-state index contributed by atoms with van der Waals surface area (Å²) < 4.78 is 23.8. The summed E-state index contributed by atoms with van der Waals surface area (Å²) in [7, 11) is -3.05.